The SMILES string of the molecule is CC(C)(C)c1ccc2c(c1)[cH-]c1cc(C(C)(C)C)ccc12.C[C](C)=[Zr+2].[C-]1=C(c2ccsc2)C=CC1.[Cl-].[Cl-]. The first-order chi connectivity index (χ1) is 16.4. The molecule has 0 spiro atoms. The van der Waals surface area contributed by atoms with E-state index in [-0.39, 0.29) is 35.6 Å². The van der Waals surface area contributed by atoms with Crippen molar-refractivity contribution in [1.29, 1.82) is 0 Å². The normalized spacial score (nSPS) is 12.5. The molecule has 0 atom stereocenters. The van der Waals surface area contributed by atoms with Crippen LogP contribution in [-0.4, -0.2) is 3.21 Å². The van der Waals surface area contributed by atoms with Crippen LogP contribution in [0, 0.1) is 6.08 Å². The number of allylic oxidation sites excluding steroid dienone is 4. The average Bonchev–Trinajstić information content (AvgIpc) is 3.51. The minimum Gasteiger partial charge on any atom is -1.00 e. The zero-order valence-corrected chi connectivity index (χ0v) is 28.1. The van der Waals surface area contributed by atoms with Crippen LogP contribution in [0.1, 0.15) is 78.5 Å². The predicted molar refractivity (Wildman–Crippen MR) is 156 cm³/mol. The van der Waals surface area contributed by atoms with Crippen LogP contribution in [0.25, 0.3) is 27.1 Å². The second kappa shape index (κ2) is 14.3. The molecule has 0 nitrogen and oxygen atoms in total. The van der Waals surface area contributed by atoms with E-state index in [9.17, 15) is 0 Å². The summed E-state index contributed by atoms with van der Waals surface area (Å²) in [5, 5.41) is 9.72. The molecule has 0 amide bonds. The van der Waals surface area contributed by atoms with Crippen molar-refractivity contribution >= 4 is 41.7 Å². The Morgan fingerprint density at radius 1 is 0.838 bits per heavy atom. The third kappa shape index (κ3) is 9.51. The van der Waals surface area contributed by atoms with E-state index >= 15 is 0 Å². The van der Waals surface area contributed by atoms with Crippen LogP contribution in [-0.2, 0) is 35.1 Å². The summed E-state index contributed by atoms with van der Waals surface area (Å²) >= 11 is 3.29. The van der Waals surface area contributed by atoms with Gasteiger partial charge in [-0.25, -0.2) is 0 Å². The van der Waals surface area contributed by atoms with Gasteiger partial charge in [0.05, 0.1) is 0 Å². The van der Waals surface area contributed by atoms with Gasteiger partial charge in [0.1, 0.15) is 0 Å². The molecule has 0 aliphatic heterocycles. The van der Waals surface area contributed by atoms with E-state index in [0.29, 0.717) is 0 Å². The standard InChI is InChI=1S/C21H25.C9H7S.C3H6.2ClH.Zr/c1-20(2,3)16-7-9-18-14(12-16)11-15-13-17(21(4,5)6)8-10-19(15)18;1-2-4-8(3-1)9-5-6-10-7-9;1-3-2;;;/h7-13H,1-6H3;1,3,5-7H,2H2;1-2H3;2*1H;/q2*-1;;;;+2/p-2. The van der Waals surface area contributed by atoms with Crippen molar-refractivity contribution in [2.75, 3.05) is 0 Å². The Hall–Kier alpha value is -1.18. The Balaban J connectivity index is 0.000000358. The second-order valence-corrected chi connectivity index (χ2v) is 14.7. The molecular formula is C33H38Cl2SZr-2. The predicted octanol–water partition coefficient (Wildman–Crippen LogP) is 3.95. The van der Waals surface area contributed by atoms with Gasteiger partial charge in [-0.3, -0.25) is 0 Å². The summed E-state index contributed by atoms with van der Waals surface area (Å²) < 4.78 is 1.51. The Bertz CT molecular complexity index is 1290. The molecule has 1 aliphatic rings. The molecule has 4 aromatic rings. The van der Waals surface area contributed by atoms with Gasteiger partial charge in [0.25, 0.3) is 0 Å². The van der Waals surface area contributed by atoms with E-state index in [1.807, 2.05) is 0 Å². The molecule has 4 heteroatoms. The van der Waals surface area contributed by atoms with Gasteiger partial charge in [-0.1, -0.05) is 94.8 Å². The van der Waals surface area contributed by atoms with Gasteiger partial charge in [0.15, 0.2) is 0 Å². The molecule has 0 fully saturated rings. The Morgan fingerprint density at radius 3 is 1.68 bits per heavy atom. The first kappa shape index (κ1) is 33.9. The molecule has 0 radical (unpaired) electrons. The summed E-state index contributed by atoms with van der Waals surface area (Å²) in [7, 11) is 0. The number of fused-ring (bicyclic) bond motifs is 3. The van der Waals surface area contributed by atoms with E-state index in [4.69, 9.17) is 0 Å². The third-order valence-electron chi connectivity index (χ3n) is 5.96. The van der Waals surface area contributed by atoms with Gasteiger partial charge >= 0.3 is 41.3 Å². The topological polar surface area (TPSA) is 0 Å². The molecular weight excluding hydrogens is 591 g/mol. The quantitative estimate of drug-likeness (QED) is 0.280. The maximum absolute atomic E-state index is 3.27. The molecule has 1 aliphatic carbocycles. The molecule has 0 unspecified atom stereocenters. The number of thiophene rings is 1. The van der Waals surface area contributed by atoms with Gasteiger partial charge < -0.3 is 24.8 Å². The van der Waals surface area contributed by atoms with Crippen molar-refractivity contribution in [3.8, 4) is 0 Å². The van der Waals surface area contributed by atoms with Crippen LogP contribution in [0.2, 0.25) is 0 Å². The van der Waals surface area contributed by atoms with Gasteiger partial charge in [0.2, 0.25) is 0 Å². The molecule has 1 aromatic heterocycles. The minimum atomic E-state index is 0. The van der Waals surface area contributed by atoms with Crippen molar-refractivity contribution in [2.24, 2.45) is 0 Å². The van der Waals surface area contributed by atoms with Crippen LogP contribution < -0.4 is 24.8 Å². The fraction of sp³-hybridized carbons (Fsp3) is 0.333. The summed E-state index contributed by atoms with van der Waals surface area (Å²) in [6.45, 7) is 17.9. The smallest absolute Gasteiger partial charge is 0.0219 e. The molecule has 0 bridgehead atoms. The Kier molecular flexibility index (Phi) is 13.1. The minimum absolute atomic E-state index is 0. The Labute approximate surface area is 255 Å². The first-order valence-corrected chi connectivity index (χ1v) is 14.5. The first-order valence-electron chi connectivity index (χ1n) is 12.3. The molecule has 0 saturated carbocycles. The maximum atomic E-state index is 3.27. The van der Waals surface area contributed by atoms with Gasteiger partial charge in [-0.2, -0.15) is 29.1 Å². The number of hydrogen-bond donors (Lipinski definition) is 0. The molecule has 0 N–H and O–H groups in total. The molecule has 196 valence electrons. The van der Waals surface area contributed by atoms with Crippen molar-refractivity contribution in [2.45, 2.75) is 72.6 Å². The van der Waals surface area contributed by atoms with Crippen molar-refractivity contribution < 1.29 is 49.0 Å². The monoisotopic (exact) mass is 626 g/mol. The van der Waals surface area contributed by atoms with Crippen LogP contribution in [0.3, 0.4) is 0 Å². The fourth-order valence-electron chi connectivity index (χ4n) is 3.98. The van der Waals surface area contributed by atoms with Crippen LogP contribution in [0.15, 0.2) is 71.4 Å². The third-order valence-corrected chi connectivity index (χ3v) is 6.65. The molecule has 0 saturated heterocycles. The van der Waals surface area contributed by atoms with E-state index < -0.39 is 0 Å². The molecule has 37 heavy (non-hydrogen) atoms. The van der Waals surface area contributed by atoms with Crippen molar-refractivity contribution in [1.82, 2.24) is 0 Å². The van der Waals surface area contributed by atoms with E-state index in [0.717, 1.165) is 6.42 Å². The number of benzene rings is 2. The van der Waals surface area contributed by atoms with Gasteiger partial charge in [0, 0.05) is 0 Å². The van der Waals surface area contributed by atoms with Crippen LogP contribution in [0.5, 0.6) is 0 Å². The summed E-state index contributed by atoms with van der Waals surface area (Å²) in [4.78, 5) is 0. The largest absolute Gasteiger partial charge is 1.00 e. The maximum Gasteiger partial charge on any atom is -0.0219 e. The summed E-state index contributed by atoms with van der Waals surface area (Å²) in [5.41, 5.74) is 5.77. The summed E-state index contributed by atoms with van der Waals surface area (Å²) in [5.74, 6) is 0. The van der Waals surface area contributed by atoms with Crippen LogP contribution in [0.4, 0.5) is 0 Å². The molecule has 1 heterocycles. The average molecular weight is 629 g/mol. The summed E-state index contributed by atoms with van der Waals surface area (Å²) in [6, 6.07) is 18.3. The zero-order chi connectivity index (χ0) is 25.8. The molecule has 3 aromatic carbocycles. The van der Waals surface area contributed by atoms with Gasteiger partial charge in [-0.05, 0) is 16.2 Å². The van der Waals surface area contributed by atoms with E-state index in [1.165, 1.54) is 47.0 Å². The Morgan fingerprint density at radius 2 is 1.32 bits per heavy atom. The zero-order valence-electron chi connectivity index (χ0n) is 23.3. The number of hydrogen-bond acceptors (Lipinski definition) is 1. The fourth-order valence-corrected chi connectivity index (χ4v) is 4.63. The number of halogens is 2. The van der Waals surface area contributed by atoms with Crippen LogP contribution >= 0.6 is 11.3 Å². The van der Waals surface area contributed by atoms with E-state index in [1.54, 1.807) is 35.6 Å². The van der Waals surface area contributed by atoms with Crippen molar-refractivity contribution in [3.63, 3.8) is 0 Å². The second-order valence-electron chi connectivity index (χ2n) is 11.5. The van der Waals surface area contributed by atoms with E-state index in [2.05, 4.69) is 133 Å². The van der Waals surface area contributed by atoms with Crippen molar-refractivity contribution in [3.05, 3.63) is 94.2 Å². The molecule has 5 rings (SSSR count). The number of rotatable bonds is 1. The summed E-state index contributed by atoms with van der Waals surface area (Å²) in [6.07, 6.45) is 8.51. The van der Waals surface area contributed by atoms with Gasteiger partial charge in [-0.15, -0.1) is 51.4 Å².